The maximum atomic E-state index is 13.2. The van der Waals surface area contributed by atoms with Gasteiger partial charge in [0.25, 0.3) is 5.91 Å². The number of benzene rings is 1. The van der Waals surface area contributed by atoms with Crippen molar-refractivity contribution in [2.24, 2.45) is 0 Å². The number of nitrogens with one attached hydrogen (secondary N) is 1. The number of thiol groups is 1. The molecule has 0 aliphatic carbocycles. The fraction of sp³-hybridized carbons (Fsp3) is 0.0769. The van der Waals surface area contributed by atoms with Crippen LogP contribution in [0.4, 0.5) is 4.39 Å². The van der Waals surface area contributed by atoms with Gasteiger partial charge in [-0.3, -0.25) is 4.79 Å². The van der Waals surface area contributed by atoms with Gasteiger partial charge >= 0.3 is 0 Å². The third-order valence-electron chi connectivity index (χ3n) is 2.69. The molecule has 4 nitrogen and oxygen atoms in total. The minimum absolute atomic E-state index is 0.145. The highest BCUT2D eigenvalue weighted by atomic mass is 32.2. The molecule has 1 unspecified atom stereocenters. The van der Waals surface area contributed by atoms with E-state index in [1.54, 1.807) is 35.3 Å². The maximum Gasteiger partial charge on any atom is 0.259 e. The first-order chi connectivity index (χ1) is 9.61. The van der Waals surface area contributed by atoms with Crippen LogP contribution in [0.3, 0.4) is 0 Å². The average Bonchev–Trinajstić information content (AvgIpc) is 2.97. The van der Waals surface area contributed by atoms with E-state index in [9.17, 15) is 9.18 Å². The summed E-state index contributed by atoms with van der Waals surface area (Å²) in [5.41, 5.74) is 1.40. The highest BCUT2D eigenvalue weighted by molar-refractivity contribution is 8.14. The number of carbonyl (C=O) groups excluding carboxylic acids is 1. The van der Waals surface area contributed by atoms with E-state index in [1.165, 1.54) is 23.9 Å². The zero-order valence-electron chi connectivity index (χ0n) is 10.2. The molecule has 1 aliphatic heterocycles. The summed E-state index contributed by atoms with van der Waals surface area (Å²) in [7, 11) is 0. The second-order valence-electron chi connectivity index (χ2n) is 4.15. The van der Waals surface area contributed by atoms with E-state index < -0.39 is 0 Å². The van der Waals surface area contributed by atoms with Crippen LogP contribution in [-0.4, -0.2) is 20.4 Å². The smallest absolute Gasteiger partial charge is 0.259 e. The number of aromatic nitrogens is 2. The molecular formula is C13H10FN3OS2. The van der Waals surface area contributed by atoms with Gasteiger partial charge in [0, 0.05) is 11.8 Å². The van der Waals surface area contributed by atoms with Crippen LogP contribution >= 0.6 is 24.4 Å². The molecule has 1 N–H and O–H groups in total. The first-order valence-corrected chi connectivity index (χ1v) is 7.19. The Hall–Kier alpha value is -1.73. The van der Waals surface area contributed by atoms with Crippen molar-refractivity contribution in [1.29, 1.82) is 0 Å². The quantitative estimate of drug-likeness (QED) is 0.662. The Bertz CT molecular complexity index is 698. The van der Waals surface area contributed by atoms with Gasteiger partial charge in [-0.15, -0.1) is 12.6 Å². The van der Waals surface area contributed by atoms with Gasteiger partial charge in [-0.25, -0.2) is 9.07 Å². The van der Waals surface area contributed by atoms with Crippen LogP contribution in [0.2, 0.25) is 0 Å². The van der Waals surface area contributed by atoms with Crippen LogP contribution in [0.15, 0.2) is 41.6 Å². The van der Waals surface area contributed by atoms with Gasteiger partial charge < -0.3 is 5.32 Å². The van der Waals surface area contributed by atoms with Crippen molar-refractivity contribution in [2.45, 2.75) is 4.71 Å². The SMILES string of the molecule is O=C1NC(S)S/C1=C\c1cnn(-c2cccc(F)c2)c1. The largest absolute Gasteiger partial charge is 0.331 e. The number of nitrogens with zero attached hydrogens (tertiary/aromatic N) is 2. The highest BCUT2D eigenvalue weighted by Gasteiger charge is 2.24. The Labute approximate surface area is 124 Å². The molecule has 1 atom stereocenters. The molecule has 1 aliphatic rings. The predicted molar refractivity (Wildman–Crippen MR) is 80.0 cm³/mol. The number of rotatable bonds is 2. The molecule has 2 aromatic rings. The molecule has 1 fully saturated rings. The Morgan fingerprint density at radius 1 is 1.50 bits per heavy atom. The zero-order valence-corrected chi connectivity index (χ0v) is 11.9. The van der Waals surface area contributed by atoms with E-state index in [4.69, 9.17) is 0 Å². The first kappa shape index (κ1) is 13.3. The molecule has 0 radical (unpaired) electrons. The van der Waals surface area contributed by atoms with Gasteiger partial charge in [-0.2, -0.15) is 5.10 Å². The molecule has 0 spiro atoms. The molecule has 1 aromatic carbocycles. The number of halogens is 1. The topological polar surface area (TPSA) is 46.9 Å². The molecule has 1 amide bonds. The van der Waals surface area contributed by atoms with Crippen LogP contribution in [0.25, 0.3) is 11.8 Å². The Balaban J connectivity index is 1.88. The van der Waals surface area contributed by atoms with Crippen molar-refractivity contribution in [1.82, 2.24) is 15.1 Å². The third-order valence-corrected chi connectivity index (χ3v) is 4.03. The lowest BCUT2D eigenvalue weighted by Gasteiger charge is -1.99. The first-order valence-electron chi connectivity index (χ1n) is 5.80. The summed E-state index contributed by atoms with van der Waals surface area (Å²) < 4.78 is 14.5. The van der Waals surface area contributed by atoms with Crippen LogP contribution in [-0.2, 0) is 4.79 Å². The van der Waals surface area contributed by atoms with Crippen LogP contribution in [0.5, 0.6) is 0 Å². The number of thioether (sulfide) groups is 1. The molecule has 0 bridgehead atoms. The summed E-state index contributed by atoms with van der Waals surface area (Å²) in [5.74, 6) is -0.463. The maximum absolute atomic E-state index is 13.2. The molecule has 0 saturated carbocycles. The lowest BCUT2D eigenvalue weighted by molar-refractivity contribution is -0.116. The summed E-state index contributed by atoms with van der Waals surface area (Å²) in [6.07, 6.45) is 5.10. The van der Waals surface area contributed by atoms with Gasteiger partial charge in [0.15, 0.2) is 0 Å². The van der Waals surface area contributed by atoms with Crippen molar-refractivity contribution in [3.05, 3.63) is 52.9 Å². The predicted octanol–water partition coefficient (Wildman–Crippen LogP) is 2.43. The number of hydrogen-bond donors (Lipinski definition) is 2. The van der Waals surface area contributed by atoms with Gasteiger partial charge in [0.2, 0.25) is 0 Å². The van der Waals surface area contributed by atoms with E-state index in [2.05, 4.69) is 23.0 Å². The second kappa shape index (κ2) is 5.34. The fourth-order valence-electron chi connectivity index (χ4n) is 1.81. The standard InChI is InChI=1S/C13H10FN3OS2/c14-9-2-1-3-10(5-9)17-7-8(6-15-17)4-11-12(18)16-13(19)20-11/h1-7,13,19H,(H,16,18)/b11-4-. The van der Waals surface area contributed by atoms with Crippen LogP contribution < -0.4 is 5.32 Å². The van der Waals surface area contributed by atoms with Crippen LogP contribution in [0.1, 0.15) is 5.56 Å². The van der Waals surface area contributed by atoms with Crippen molar-refractivity contribution in [3.63, 3.8) is 0 Å². The summed E-state index contributed by atoms with van der Waals surface area (Å²) in [5, 5.41) is 6.84. The van der Waals surface area contributed by atoms with Gasteiger partial charge in [-0.1, -0.05) is 17.8 Å². The monoisotopic (exact) mass is 307 g/mol. The van der Waals surface area contributed by atoms with E-state index in [-0.39, 0.29) is 16.4 Å². The van der Waals surface area contributed by atoms with Crippen molar-refractivity contribution in [2.75, 3.05) is 0 Å². The van der Waals surface area contributed by atoms with Crippen LogP contribution in [0, 0.1) is 5.82 Å². The molecule has 20 heavy (non-hydrogen) atoms. The van der Waals surface area contributed by atoms with Gasteiger partial charge in [0.1, 0.15) is 10.5 Å². The fourth-order valence-corrected chi connectivity index (χ4v) is 3.04. The van der Waals surface area contributed by atoms with E-state index in [0.717, 1.165) is 5.56 Å². The minimum Gasteiger partial charge on any atom is -0.331 e. The summed E-state index contributed by atoms with van der Waals surface area (Å²) >= 11 is 5.52. The van der Waals surface area contributed by atoms with Crippen molar-refractivity contribution < 1.29 is 9.18 Å². The lowest BCUT2D eigenvalue weighted by atomic mass is 10.3. The molecule has 1 saturated heterocycles. The van der Waals surface area contributed by atoms with Crippen molar-refractivity contribution >= 4 is 36.4 Å². The normalized spacial score (nSPS) is 20.4. The van der Waals surface area contributed by atoms with Crippen molar-refractivity contribution in [3.8, 4) is 5.69 Å². The molecule has 102 valence electrons. The average molecular weight is 307 g/mol. The molecule has 7 heteroatoms. The second-order valence-corrected chi connectivity index (χ2v) is 6.16. The summed E-state index contributed by atoms with van der Waals surface area (Å²) in [4.78, 5) is 12.2. The summed E-state index contributed by atoms with van der Waals surface area (Å²) in [6.45, 7) is 0. The Kier molecular flexibility index (Phi) is 3.54. The Morgan fingerprint density at radius 3 is 3.05 bits per heavy atom. The number of amides is 1. The molecular weight excluding hydrogens is 297 g/mol. The lowest BCUT2D eigenvalue weighted by Crippen LogP contribution is -2.19. The third kappa shape index (κ3) is 2.73. The zero-order chi connectivity index (χ0) is 14.1. The van der Waals surface area contributed by atoms with Gasteiger partial charge in [0.05, 0.1) is 16.8 Å². The number of carbonyl (C=O) groups is 1. The van der Waals surface area contributed by atoms with E-state index in [0.29, 0.717) is 10.6 Å². The number of hydrogen-bond acceptors (Lipinski definition) is 4. The summed E-state index contributed by atoms with van der Waals surface area (Å²) in [6, 6.07) is 6.15. The van der Waals surface area contributed by atoms with Gasteiger partial charge in [-0.05, 0) is 24.3 Å². The molecule has 3 rings (SSSR count). The molecule has 2 heterocycles. The molecule has 1 aromatic heterocycles. The van der Waals surface area contributed by atoms with E-state index in [1.807, 2.05) is 0 Å². The highest BCUT2D eigenvalue weighted by Crippen LogP contribution is 2.30. The minimum atomic E-state index is -0.318. The Morgan fingerprint density at radius 2 is 2.35 bits per heavy atom. The van der Waals surface area contributed by atoms with E-state index >= 15 is 0 Å².